The molecule has 0 N–H and O–H groups in total. The molecule has 1 amide bonds. The first kappa shape index (κ1) is 8.09. The molecule has 2 heteroatoms. The zero-order valence-electron chi connectivity index (χ0n) is 7.75. The van der Waals surface area contributed by atoms with Gasteiger partial charge in [0.2, 0.25) is 5.91 Å². The van der Waals surface area contributed by atoms with Crippen LogP contribution in [0.1, 0.15) is 45.4 Å². The molecule has 2 aliphatic heterocycles. The van der Waals surface area contributed by atoms with Crippen molar-refractivity contribution in [1.29, 1.82) is 0 Å². The molecular formula is C10H17NO. The average molecular weight is 167 g/mol. The first-order valence-corrected chi connectivity index (χ1v) is 5.10. The van der Waals surface area contributed by atoms with Crippen molar-refractivity contribution in [1.82, 2.24) is 4.90 Å². The highest BCUT2D eigenvalue weighted by molar-refractivity contribution is 5.77. The average Bonchev–Trinajstić information content (AvgIpc) is 2.29. The Morgan fingerprint density at radius 2 is 2.08 bits per heavy atom. The van der Waals surface area contributed by atoms with Crippen LogP contribution < -0.4 is 0 Å². The third kappa shape index (κ3) is 1.23. The van der Waals surface area contributed by atoms with Gasteiger partial charge in [0.05, 0.1) is 0 Å². The molecule has 0 radical (unpaired) electrons. The molecule has 2 heterocycles. The Bertz CT molecular complexity index is 190. The van der Waals surface area contributed by atoms with Crippen molar-refractivity contribution >= 4 is 5.91 Å². The summed E-state index contributed by atoms with van der Waals surface area (Å²) < 4.78 is 0. The van der Waals surface area contributed by atoms with Crippen molar-refractivity contribution in [3.05, 3.63) is 0 Å². The lowest BCUT2D eigenvalue weighted by Crippen LogP contribution is -2.38. The van der Waals surface area contributed by atoms with E-state index < -0.39 is 0 Å². The van der Waals surface area contributed by atoms with Gasteiger partial charge in [-0.25, -0.2) is 0 Å². The van der Waals surface area contributed by atoms with Crippen molar-refractivity contribution in [2.75, 3.05) is 0 Å². The molecule has 0 aromatic carbocycles. The summed E-state index contributed by atoms with van der Waals surface area (Å²) in [4.78, 5) is 13.8. The molecule has 0 unspecified atom stereocenters. The Morgan fingerprint density at radius 3 is 2.92 bits per heavy atom. The Labute approximate surface area is 73.9 Å². The fraction of sp³-hybridized carbons (Fsp3) is 0.900. The van der Waals surface area contributed by atoms with Gasteiger partial charge in [-0.05, 0) is 32.6 Å². The molecular weight excluding hydrogens is 150 g/mol. The van der Waals surface area contributed by atoms with Gasteiger partial charge in [-0.15, -0.1) is 0 Å². The van der Waals surface area contributed by atoms with Gasteiger partial charge in [0, 0.05) is 18.5 Å². The van der Waals surface area contributed by atoms with E-state index in [4.69, 9.17) is 0 Å². The number of fused-ring (bicyclic) bond motifs is 1. The lowest BCUT2D eigenvalue weighted by molar-refractivity contribution is -0.133. The van der Waals surface area contributed by atoms with E-state index in [0.717, 1.165) is 12.8 Å². The molecule has 12 heavy (non-hydrogen) atoms. The smallest absolute Gasteiger partial charge is 0.223 e. The minimum Gasteiger partial charge on any atom is -0.337 e. The molecule has 0 saturated carbocycles. The molecule has 68 valence electrons. The molecule has 0 spiro atoms. The maximum Gasteiger partial charge on any atom is 0.223 e. The van der Waals surface area contributed by atoms with Gasteiger partial charge in [0.25, 0.3) is 0 Å². The standard InChI is InChI=1S/C10H17NO/c1-8-6-7-9-4-2-3-5-10(12)11(8)9/h8-9H,2-7H2,1H3/t8-,9+/m1/s1. The van der Waals surface area contributed by atoms with Crippen LogP contribution in [0.4, 0.5) is 0 Å². The van der Waals surface area contributed by atoms with Crippen LogP contribution in [0.25, 0.3) is 0 Å². The van der Waals surface area contributed by atoms with Crippen LogP contribution in [0.3, 0.4) is 0 Å². The first-order chi connectivity index (χ1) is 5.79. The predicted molar refractivity (Wildman–Crippen MR) is 47.8 cm³/mol. The summed E-state index contributed by atoms with van der Waals surface area (Å²) in [7, 11) is 0. The summed E-state index contributed by atoms with van der Waals surface area (Å²) in [5.41, 5.74) is 0. The van der Waals surface area contributed by atoms with Gasteiger partial charge in [0.15, 0.2) is 0 Å². The Kier molecular flexibility index (Phi) is 2.07. The summed E-state index contributed by atoms with van der Waals surface area (Å²) in [5.74, 6) is 0.405. The van der Waals surface area contributed by atoms with E-state index in [9.17, 15) is 4.79 Å². The van der Waals surface area contributed by atoms with Gasteiger partial charge >= 0.3 is 0 Å². The van der Waals surface area contributed by atoms with Crippen LogP contribution >= 0.6 is 0 Å². The van der Waals surface area contributed by atoms with Crippen LogP contribution in [0.15, 0.2) is 0 Å². The second-order valence-corrected chi connectivity index (χ2v) is 4.13. The van der Waals surface area contributed by atoms with Crippen molar-refractivity contribution in [3.8, 4) is 0 Å². The van der Waals surface area contributed by atoms with Crippen molar-refractivity contribution in [3.63, 3.8) is 0 Å². The molecule has 0 aromatic rings. The van der Waals surface area contributed by atoms with E-state index in [1.165, 1.54) is 25.7 Å². The van der Waals surface area contributed by atoms with E-state index in [1.807, 2.05) is 0 Å². The normalized spacial score (nSPS) is 36.4. The first-order valence-electron chi connectivity index (χ1n) is 5.10. The molecule has 2 aliphatic rings. The zero-order valence-corrected chi connectivity index (χ0v) is 7.75. The van der Waals surface area contributed by atoms with Crippen LogP contribution in [0.2, 0.25) is 0 Å². The quantitative estimate of drug-likeness (QED) is 0.540. The Balaban J connectivity index is 2.14. The molecule has 2 nitrogen and oxygen atoms in total. The highest BCUT2D eigenvalue weighted by Gasteiger charge is 2.34. The van der Waals surface area contributed by atoms with E-state index in [2.05, 4.69) is 11.8 Å². The number of carbonyl (C=O) groups excluding carboxylic acids is 1. The summed E-state index contributed by atoms with van der Waals surface area (Å²) >= 11 is 0. The van der Waals surface area contributed by atoms with Gasteiger partial charge in [-0.3, -0.25) is 4.79 Å². The molecule has 2 saturated heterocycles. The highest BCUT2D eigenvalue weighted by Crippen LogP contribution is 2.30. The molecule has 0 aromatic heterocycles. The van der Waals surface area contributed by atoms with Crippen LogP contribution in [0.5, 0.6) is 0 Å². The monoisotopic (exact) mass is 167 g/mol. The molecule has 2 atom stereocenters. The Morgan fingerprint density at radius 1 is 1.25 bits per heavy atom. The maximum atomic E-state index is 11.6. The molecule has 2 rings (SSSR count). The number of rotatable bonds is 0. The molecule has 0 aliphatic carbocycles. The van der Waals surface area contributed by atoms with E-state index >= 15 is 0 Å². The van der Waals surface area contributed by atoms with Gasteiger partial charge < -0.3 is 4.90 Å². The summed E-state index contributed by atoms with van der Waals surface area (Å²) in [5, 5.41) is 0. The largest absolute Gasteiger partial charge is 0.337 e. The summed E-state index contributed by atoms with van der Waals surface area (Å²) in [6.45, 7) is 2.18. The van der Waals surface area contributed by atoms with Crippen LogP contribution in [-0.4, -0.2) is 22.9 Å². The van der Waals surface area contributed by atoms with Crippen molar-refractivity contribution in [2.45, 2.75) is 57.5 Å². The van der Waals surface area contributed by atoms with Crippen LogP contribution in [0, 0.1) is 0 Å². The lowest BCUT2D eigenvalue weighted by atomic mass is 10.1. The third-order valence-corrected chi connectivity index (χ3v) is 3.25. The second-order valence-electron chi connectivity index (χ2n) is 4.13. The van der Waals surface area contributed by atoms with E-state index in [-0.39, 0.29) is 0 Å². The maximum absolute atomic E-state index is 11.6. The summed E-state index contributed by atoms with van der Waals surface area (Å²) in [6.07, 6.45) is 6.86. The Hall–Kier alpha value is -0.530. The van der Waals surface area contributed by atoms with Gasteiger partial charge in [-0.2, -0.15) is 0 Å². The predicted octanol–water partition coefficient (Wildman–Crippen LogP) is 1.94. The highest BCUT2D eigenvalue weighted by atomic mass is 16.2. The second kappa shape index (κ2) is 3.08. The topological polar surface area (TPSA) is 20.3 Å². The van der Waals surface area contributed by atoms with Crippen LogP contribution in [-0.2, 0) is 4.79 Å². The molecule has 2 fully saturated rings. The fourth-order valence-corrected chi connectivity index (χ4v) is 2.59. The van der Waals surface area contributed by atoms with Crippen molar-refractivity contribution < 1.29 is 4.79 Å². The van der Waals surface area contributed by atoms with Crippen molar-refractivity contribution in [2.24, 2.45) is 0 Å². The van der Waals surface area contributed by atoms with E-state index in [0.29, 0.717) is 18.0 Å². The number of amides is 1. The van der Waals surface area contributed by atoms with Gasteiger partial charge in [0.1, 0.15) is 0 Å². The van der Waals surface area contributed by atoms with E-state index in [1.54, 1.807) is 0 Å². The fourth-order valence-electron chi connectivity index (χ4n) is 2.59. The minimum atomic E-state index is 0.405. The molecule has 0 bridgehead atoms. The van der Waals surface area contributed by atoms with Gasteiger partial charge in [-0.1, -0.05) is 6.42 Å². The third-order valence-electron chi connectivity index (χ3n) is 3.25. The minimum absolute atomic E-state index is 0.405. The lowest BCUT2D eigenvalue weighted by Gasteiger charge is -2.26. The number of hydrogen-bond acceptors (Lipinski definition) is 1. The number of hydrogen-bond donors (Lipinski definition) is 0. The SMILES string of the molecule is C[C@@H]1CC[C@@H]2CCCCC(=O)N21. The number of carbonyl (C=O) groups is 1. The number of nitrogens with zero attached hydrogens (tertiary/aromatic N) is 1. The zero-order chi connectivity index (χ0) is 8.55. The summed E-state index contributed by atoms with van der Waals surface area (Å²) in [6, 6.07) is 1.11.